The van der Waals surface area contributed by atoms with Gasteiger partial charge < -0.3 is 19.2 Å². The lowest BCUT2D eigenvalue weighted by Gasteiger charge is -2.11. The summed E-state index contributed by atoms with van der Waals surface area (Å²) in [5.41, 5.74) is 0.742. The Morgan fingerprint density at radius 3 is 2.92 bits per heavy atom. The zero-order chi connectivity index (χ0) is 17.6. The third kappa shape index (κ3) is 4.99. The summed E-state index contributed by atoms with van der Waals surface area (Å²) in [6, 6.07) is 6.98. The van der Waals surface area contributed by atoms with E-state index in [1.807, 2.05) is 0 Å². The molecule has 0 spiro atoms. The standard InChI is InChI=1S/C17H18ClNO5S/c18-14-7-12(8-15-17(14)24-6-2-5-23-15)10-25(21)11-16(20)19-9-13-3-1-4-22-13/h1,3-4,7-8H,2,5-6,9-11H2,(H,19,20). The van der Waals surface area contributed by atoms with Gasteiger partial charge in [0, 0.05) is 23.0 Å². The van der Waals surface area contributed by atoms with Crippen molar-refractivity contribution in [2.45, 2.75) is 18.7 Å². The topological polar surface area (TPSA) is 77.8 Å². The van der Waals surface area contributed by atoms with Gasteiger partial charge in [0.1, 0.15) is 11.5 Å². The largest absolute Gasteiger partial charge is 0.489 e. The lowest BCUT2D eigenvalue weighted by Crippen LogP contribution is -2.28. The first-order valence-electron chi connectivity index (χ1n) is 7.84. The number of carbonyl (C=O) groups excluding carboxylic acids is 1. The molecule has 1 aliphatic heterocycles. The Kier molecular flexibility index (Phi) is 5.99. The molecule has 8 heteroatoms. The number of ether oxygens (including phenoxy) is 2. The highest BCUT2D eigenvalue weighted by Crippen LogP contribution is 2.38. The number of hydrogen-bond donors (Lipinski definition) is 1. The van der Waals surface area contributed by atoms with Crippen molar-refractivity contribution in [2.75, 3.05) is 19.0 Å². The highest BCUT2D eigenvalue weighted by atomic mass is 35.5. The van der Waals surface area contributed by atoms with Crippen molar-refractivity contribution in [1.82, 2.24) is 5.32 Å². The van der Waals surface area contributed by atoms with Gasteiger partial charge in [-0.2, -0.15) is 0 Å². The van der Waals surface area contributed by atoms with E-state index in [1.54, 1.807) is 24.3 Å². The number of hydrogen-bond acceptors (Lipinski definition) is 5. The quantitative estimate of drug-likeness (QED) is 0.829. The molecule has 1 aliphatic rings. The van der Waals surface area contributed by atoms with E-state index < -0.39 is 10.8 Å². The molecule has 1 aromatic heterocycles. The Hall–Kier alpha value is -1.99. The van der Waals surface area contributed by atoms with Crippen molar-refractivity contribution < 1.29 is 22.9 Å². The molecule has 6 nitrogen and oxygen atoms in total. The van der Waals surface area contributed by atoms with Gasteiger partial charge in [-0.05, 0) is 29.8 Å². The van der Waals surface area contributed by atoms with E-state index in [-0.39, 0.29) is 24.0 Å². The van der Waals surface area contributed by atoms with Crippen LogP contribution in [0, 0.1) is 0 Å². The zero-order valence-corrected chi connectivity index (χ0v) is 15.0. The van der Waals surface area contributed by atoms with Crippen LogP contribution in [0.3, 0.4) is 0 Å². The van der Waals surface area contributed by atoms with Crippen molar-refractivity contribution in [3.63, 3.8) is 0 Å². The second-order valence-corrected chi connectivity index (χ2v) is 7.40. The van der Waals surface area contributed by atoms with Gasteiger partial charge in [-0.25, -0.2) is 0 Å². The van der Waals surface area contributed by atoms with Gasteiger partial charge in [-0.3, -0.25) is 9.00 Å². The smallest absolute Gasteiger partial charge is 0.233 e. The third-order valence-electron chi connectivity index (χ3n) is 3.52. The molecule has 2 heterocycles. The van der Waals surface area contributed by atoms with Gasteiger partial charge in [0.15, 0.2) is 11.5 Å². The van der Waals surface area contributed by atoms with E-state index in [9.17, 15) is 9.00 Å². The summed E-state index contributed by atoms with van der Waals surface area (Å²) in [7, 11) is -1.36. The molecule has 0 fully saturated rings. The molecular weight excluding hydrogens is 366 g/mol. The first kappa shape index (κ1) is 17.8. The molecule has 3 rings (SSSR count). The third-order valence-corrected chi connectivity index (χ3v) is 5.04. The number of amides is 1. The van der Waals surface area contributed by atoms with Crippen molar-refractivity contribution in [3.05, 3.63) is 46.9 Å². The molecule has 0 saturated carbocycles. The van der Waals surface area contributed by atoms with Crippen LogP contribution in [0.25, 0.3) is 0 Å². The lowest BCUT2D eigenvalue weighted by atomic mass is 10.2. The predicted octanol–water partition coefficient (Wildman–Crippen LogP) is 2.66. The Balaban J connectivity index is 1.56. The number of carbonyl (C=O) groups is 1. The molecule has 1 unspecified atom stereocenters. The molecule has 134 valence electrons. The average Bonchev–Trinajstić information content (AvgIpc) is 2.97. The predicted molar refractivity (Wildman–Crippen MR) is 94.3 cm³/mol. The molecule has 1 N–H and O–H groups in total. The van der Waals surface area contributed by atoms with Crippen LogP contribution in [0.4, 0.5) is 0 Å². The van der Waals surface area contributed by atoms with Crippen molar-refractivity contribution in [3.8, 4) is 11.5 Å². The van der Waals surface area contributed by atoms with Crippen molar-refractivity contribution >= 4 is 28.3 Å². The van der Waals surface area contributed by atoms with Crippen LogP contribution in [-0.2, 0) is 27.9 Å². The number of benzene rings is 1. The Bertz CT molecular complexity index is 763. The van der Waals surface area contributed by atoms with Gasteiger partial charge in [0.05, 0.1) is 31.0 Å². The average molecular weight is 384 g/mol. The molecule has 0 bridgehead atoms. The van der Waals surface area contributed by atoms with Crippen LogP contribution >= 0.6 is 11.6 Å². The van der Waals surface area contributed by atoms with Crippen LogP contribution in [0.2, 0.25) is 5.02 Å². The summed E-state index contributed by atoms with van der Waals surface area (Å²) in [4.78, 5) is 11.9. The number of halogens is 1. The molecule has 2 aromatic rings. The normalized spacial score (nSPS) is 14.6. The Morgan fingerprint density at radius 1 is 1.28 bits per heavy atom. The fourth-order valence-corrected chi connectivity index (χ4v) is 3.72. The highest BCUT2D eigenvalue weighted by Gasteiger charge is 2.17. The fraction of sp³-hybridized carbons (Fsp3) is 0.353. The van der Waals surface area contributed by atoms with Gasteiger partial charge in [-0.1, -0.05) is 11.6 Å². The van der Waals surface area contributed by atoms with Crippen LogP contribution in [0.1, 0.15) is 17.7 Å². The molecule has 0 radical (unpaired) electrons. The van der Waals surface area contributed by atoms with Crippen molar-refractivity contribution in [1.29, 1.82) is 0 Å². The monoisotopic (exact) mass is 383 g/mol. The van der Waals surface area contributed by atoms with E-state index in [0.717, 1.165) is 12.0 Å². The summed E-state index contributed by atoms with van der Waals surface area (Å²) in [6.07, 6.45) is 2.32. The first-order valence-corrected chi connectivity index (χ1v) is 9.70. The summed E-state index contributed by atoms with van der Waals surface area (Å²) >= 11 is 6.22. The van der Waals surface area contributed by atoms with E-state index in [4.69, 9.17) is 25.5 Å². The van der Waals surface area contributed by atoms with Crippen LogP contribution < -0.4 is 14.8 Å². The molecule has 1 amide bonds. The minimum absolute atomic E-state index is 0.0905. The molecule has 25 heavy (non-hydrogen) atoms. The van der Waals surface area contributed by atoms with E-state index in [2.05, 4.69) is 5.32 Å². The Morgan fingerprint density at radius 2 is 2.12 bits per heavy atom. The number of rotatable bonds is 6. The van der Waals surface area contributed by atoms with Gasteiger partial charge in [0.2, 0.25) is 5.91 Å². The SMILES string of the molecule is O=C(CS(=O)Cc1cc(Cl)c2c(c1)OCCCO2)NCc1ccco1. The minimum Gasteiger partial charge on any atom is -0.489 e. The summed E-state index contributed by atoms with van der Waals surface area (Å²) in [5, 5.41) is 3.10. The van der Waals surface area contributed by atoms with Gasteiger partial charge >= 0.3 is 0 Å². The number of nitrogens with one attached hydrogen (secondary N) is 1. The summed E-state index contributed by atoms with van der Waals surface area (Å²) in [6.45, 7) is 1.37. The van der Waals surface area contributed by atoms with Crippen LogP contribution in [-0.4, -0.2) is 29.1 Å². The summed E-state index contributed by atoms with van der Waals surface area (Å²) in [5.74, 6) is 1.55. The van der Waals surface area contributed by atoms with E-state index >= 15 is 0 Å². The number of fused-ring (bicyclic) bond motifs is 1. The van der Waals surface area contributed by atoms with Crippen LogP contribution in [0.5, 0.6) is 11.5 Å². The minimum atomic E-state index is -1.36. The maximum absolute atomic E-state index is 12.2. The van der Waals surface area contributed by atoms with E-state index in [0.29, 0.717) is 35.5 Å². The highest BCUT2D eigenvalue weighted by molar-refractivity contribution is 7.84. The summed E-state index contributed by atoms with van der Waals surface area (Å²) < 4.78 is 28.6. The van der Waals surface area contributed by atoms with Gasteiger partial charge in [-0.15, -0.1) is 0 Å². The maximum atomic E-state index is 12.2. The van der Waals surface area contributed by atoms with Crippen LogP contribution in [0.15, 0.2) is 34.9 Å². The first-order chi connectivity index (χ1) is 12.1. The van der Waals surface area contributed by atoms with Gasteiger partial charge in [0.25, 0.3) is 0 Å². The maximum Gasteiger partial charge on any atom is 0.233 e. The molecule has 0 saturated heterocycles. The van der Waals surface area contributed by atoms with Crippen molar-refractivity contribution in [2.24, 2.45) is 0 Å². The lowest BCUT2D eigenvalue weighted by molar-refractivity contribution is -0.118. The zero-order valence-electron chi connectivity index (χ0n) is 13.5. The molecule has 1 atom stereocenters. The number of furan rings is 1. The molecular formula is C17H18ClNO5S. The molecule has 1 aromatic carbocycles. The molecule has 0 aliphatic carbocycles. The fourth-order valence-electron chi connectivity index (χ4n) is 2.40. The van der Waals surface area contributed by atoms with E-state index in [1.165, 1.54) is 6.26 Å². The Labute approximate surface area is 152 Å². The second-order valence-electron chi connectivity index (χ2n) is 5.54. The second kappa shape index (κ2) is 8.40.